The van der Waals surface area contributed by atoms with E-state index in [0.717, 1.165) is 0 Å². The SMILES string of the molecule is CCN(CC(=O)O)C(=O)Cc1c(C)nc(-c2cccnc2)[nH]c1=O. The van der Waals surface area contributed by atoms with Crippen LogP contribution >= 0.6 is 0 Å². The first-order valence-electron chi connectivity index (χ1n) is 7.42. The van der Waals surface area contributed by atoms with Gasteiger partial charge in [-0.3, -0.25) is 19.4 Å². The summed E-state index contributed by atoms with van der Waals surface area (Å²) in [4.78, 5) is 47.4. The van der Waals surface area contributed by atoms with Gasteiger partial charge in [-0.05, 0) is 26.0 Å². The standard InChI is InChI=1S/C16H18N4O4/c1-3-20(9-14(22)23)13(21)7-12-10(2)18-15(19-16(12)24)11-5-4-6-17-8-11/h4-6,8H,3,7,9H2,1-2H3,(H,22,23)(H,18,19,24). The van der Waals surface area contributed by atoms with Gasteiger partial charge >= 0.3 is 5.97 Å². The van der Waals surface area contributed by atoms with Crippen molar-refractivity contribution in [1.29, 1.82) is 0 Å². The number of carbonyl (C=O) groups is 2. The number of nitrogens with one attached hydrogen (secondary N) is 1. The molecule has 0 unspecified atom stereocenters. The third kappa shape index (κ3) is 4.03. The molecule has 0 aromatic carbocycles. The van der Waals surface area contributed by atoms with E-state index in [4.69, 9.17) is 5.11 Å². The van der Waals surface area contributed by atoms with E-state index in [2.05, 4.69) is 15.0 Å². The van der Waals surface area contributed by atoms with Crippen LogP contribution in [-0.4, -0.2) is 49.9 Å². The van der Waals surface area contributed by atoms with E-state index >= 15 is 0 Å². The number of aromatic amines is 1. The van der Waals surface area contributed by atoms with Crippen LogP contribution in [0, 0.1) is 6.92 Å². The summed E-state index contributed by atoms with van der Waals surface area (Å²) in [5, 5.41) is 8.82. The average Bonchev–Trinajstić information content (AvgIpc) is 2.56. The van der Waals surface area contributed by atoms with Crippen molar-refractivity contribution in [1.82, 2.24) is 19.9 Å². The molecule has 0 saturated heterocycles. The van der Waals surface area contributed by atoms with Gasteiger partial charge in [0.2, 0.25) is 5.91 Å². The first-order valence-corrected chi connectivity index (χ1v) is 7.42. The Labute approximate surface area is 138 Å². The molecule has 0 bridgehead atoms. The molecule has 24 heavy (non-hydrogen) atoms. The van der Waals surface area contributed by atoms with Crippen LogP contribution in [0.1, 0.15) is 18.2 Å². The molecule has 0 atom stereocenters. The Hall–Kier alpha value is -3.03. The quantitative estimate of drug-likeness (QED) is 0.802. The lowest BCUT2D eigenvalue weighted by molar-refractivity contribution is -0.144. The zero-order valence-electron chi connectivity index (χ0n) is 13.4. The first kappa shape index (κ1) is 17.3. The molecule has 126 valence electrons. The molecular formula is C16H18N4O4. The minimum Gasteiger partial charge on any atom is -0.480 e. The third-order valence-corrected chi connectivity index (χ3v) is 3.55. The topological polar surface area (TPSA) is 116 Å². The van der Waals surface area contributed by atoms with Crippen molar-refractivity contribution in [2.75, 3.05) is 13.1 Å². The molecule has 0 aliphatic heterocycles. The molecule has 0 spiro atoms. The van der Waals surface area contributed by atoms with E-state index in [9.17, 15) is 14.4 Å². The van der Waals surface area contributed by atoms with Gasteiger partial charge in [0.1, 0.15) is 12.4 Å². The molecule has 2 heterocycles. The highest BCUT2D eigenvalue weighted by molar-refractivity contribution is 5.83. The fraction of sp³-hybridized carbons (Fsp3) is 0.312. The lowest BCUT2D eigenvalue weighted by Gasteiger charge is -2.18. The second-order valence-electron chi connectivity index (χ2n) is 5.20. The Kier molecular flexibility index (Phi) is 5.41. The van der Waals surface area contributed by atoms with Crippen LogP contribution in [0.3, 0.4) is 0 Å². The average molecular weight is 330 g/mol. The Morgan fingerprint density at radius 3 is 2.67 bits per heavy atom. The number of carboxylic acid groups (broad SMARTS) is 1. The molecule has 2 aromatic heterocycles. The van der Waals surface area contributed by atoms with Gasteiger partial charge in [0, 0.05) is 35.8 Å². The number of carboxylic acids is 1. The normalized spacial score (nSPS) is 10.4. The van der Waals surface area contributed by atoms with E-state index in [1.807, 2.05) is 0 Å². The van der Waals surface area contributed by atoms with Crippen molar-refractivity contribution in [3.05, 3.63) is 46.1 Å². The number of nitrogens with zero attached hydrogens (tertiary/aromatic N) is 3. The van der Waals surface area contributed by atoms with Gasteiger partial charge in [0.15, 0.2) is 0 Å². The van der Waals surface area contributed by atoms with Crippen LogP contribution in [0.15, 0.2) is 29.3 Å². The highest BCUT2D eigenvalue weighted by Crippen LogP contribution is 2.13. The minimum atomic E-state index is -1.10. The largest absolute Gasteiger partial charge is 0.480 e. The van der Waals surface area contributed by atoms with Crippen LogP contribution in [0.5, 0.6) is 0 Å². The number of likely N-dealkylation sites (N-methyl/N-ethyl adjacent to an activating group) is 1. The summed E-state index contributed by atoms with van der Waals surface area (Å²) in [6, 6.07) is 3.49. The second-order valence-corrected chi connectivity index (χ2v) is 5.20. The molecule has 0 aliphatic carbocycles. The van der Waals surface area contributed by atoms with E-state index in [0.29, 0.717) is 17.1 Å². The Balaban J connectivity index is 2.27. The molecule has 2 N–H and O–H groups in total. The van der Waals surface area contributed by atoms with Crippen LogP contribution < -0.4 is 5.56 Å². The maximum Gasteiger partial charge on any atom is 0.323 e. The van der Waals surface area contributed by atoms with Crippen molar-refractivity contribution in [3.8, 4) is 11.4 Å². The number of pyridine rings is 1. The fourth-order valence-electron chi connectivity index (χ4n) is 2.26. The first-order chi connectivity index (χ1) is 11.4. The zero-order chi connectivity index (χ0) is 17.7. The summed E-state index contributed by atoms with van der Waals surface area (Å²) in [6.45, 7) is 3.18. The molecule has 0 radical (unpaired) electrons. The molecule has 8 heteroatoms. The minimum absolute atomic E-state index is 0.192. The number of hydrogen-bond donors (Lipinski definition) is 2. The lowest BCUT2D eigenvalue weighted by atomic mass is 10.1. The third-order valence-electron chi connectivity index (χ3n) is 3.55. The summed E-state index contributed by atoms with van der Waals surface area (Å²) < 4.78 is 0. The maximum atomic E-state index is 12.3. The van der Waals surface area contributed by atoms with Crippen LogP contribution in [0.4, 0.5) is 0 Å². The maximum absolute atomic E-state index is 12.3. The number of aromatic nitrogens is 3. The highest BCUT2D eigenvalue weighted by Gasteiger charge is 2.19. The van der Waals surface area contributed by atoms with Crippen molar-refractivity contribution in [2.24, 2.45) is 0 Å². The van der Waals surface area contributed by atoms with Crippen molar-refractivity contribution in [3.63, 3.8) is 0 Å². The van der Waals surface area contributed by atoms with Gasteiger partial charge in [0.25, 0.3) is 5.56 Å². The number of hydrogen-bond acceptors (Lipinski definition) is 5. The zero-order valence-corrected chi connectivity index (χ0v) is 13.4. The summed E-state index contributed by atoms with van der Waals surface area (Å²) >= 11 is 0. The number of aliphatic carboxylic acids is 1. The Bertz CT molecular complexity index is 801. The lowest BCUT2D eigenvalue weighted by Crippen LogP contribution is -2.37. The van der Waals surface area contributed by atoms with E-state index in [1.165, 1.54) is 4.90 Å². The smallest absolute Gasteiger partial charge is 0.323 e. The monoisotopic (exact) mass is 330 g/mol. The summed E-state index contributed by atoms with van der Waals surface area (Å²) in [7, 11) is 0. The molecule has 0 saturated carbocycles. The predicted molar refractivity (Wildman–Crippen MR) is 86.4 cm³/mol. The number of carbonyl (C=O) groups excluding carboxylic acids is 1. The summed E-state index contributed by atoms with van der Waals surface area (Å²) in [5.41, 5.74) is 0.909. The van der Waals surface area contributed by atoms with E-state index in [1.54, 1.807) is 38.4 Å². The number of aryl methyl sites for hydroxylation is 1. The molecular weight excluding hydrogens is 312 g/mol. The van der Waals surface area contributed by atoms with Gasteiger partial charge in [-0.1, -0.05) is 0 Å². The van der Waals surface area contributed by atoms with Crippen LogP contribution in [0.25, 0.3) is 11.4 Å². The highest BCUT2D eigenvalue weighted by atomic mass is 16.4. The second kappa shape index (κ2) is 7.49. The molecule has 8 nitrogen and oxygen atoms in total. The molecule has 0 fully saturated rings. The molecule has 2 rings (SSSR count). The number of amides is 1. The van der Waals surface area contributed by atoms with Crippen molar-refractivity contribution < 1.29 is 14.7 Å². The molecule has 2 aromatic rings. The van der Waals surface area contributed by atoms with Gasteiger partial charge in [-0.15, -0.1) is 0 Å². The van der Waals surface area contributed by atoms with Gasteiger partial charge in [-0.25, -0.2) is 4.98 Å². The van der Waals surface area contributed by atoms with Crippen LogP contribution in [-0.2, 0) is 16.0 Å². The Morgan fingerprint density at radius 2 is 2.12 bits per heavy atom. The number of rotatable bonds is 6. The fourth-order valence-corrected chi connectivity index (χ4v) is 2.26. The molecule has 1 amide bonds. The van der Waals surface area contributed by atoms with Gasteiger partial charge in [-0.2, -0.15) is 0 Å². The Morgan fingerprint density at radius 1 is 1.38 bits per heavy atom. The predicted octanol–water partition coefficient (Wildman–Crippen LogP) is 0.616. The summed E-state index contributed by atoms with van der Waals surface area (Å²) in [6.07, 6.45) is 3.00. The van der Waals surface area contributed by atoms with Gasteiger partial charge in [0.05, 0.1) is 6.42 Å². The van der Waals surface area contributed by atoms with E-state index < -0.39 is 24.0 Å². The van der Waals surface area contributed by atoms with Crippen molar-refractivity contribution in [2.45, 2.75) is 20.3 Å². The van der Waals surface area contributed by atoms with Crippen LogP contribution in [0.2, 0.25) is 0 Å². The summed E-state index contributed by atoms with van der Waals surface area (Å²) in [5.74, 6) is -1.15. The van der Waals surface area contributed by atoms with Crippen molar-refractivity contribution >= 4 is 11.9 Å². The number of H-pyrrole nitrogens is 1. The molecule has 0 aliphatic rings. The van der Waals surface area contributed by atoms with Gasteiger partial charge < -0.3 is 15.0 Å². The van der Waals surface area contributed by atoms with E-state index in [-0.39, 0.29) is 18.5 Å².